The first-order valence-electron chi connectivity index (χ1n) is 9.75. The maximum absolute atomic E-state index is 13.2. The molecule has 1 aromatic carbocycles. The molecule has 0 aromatic heterocycles. The highest BCUT2D eigenvalue weighted by atomic mass is 35.5. The molecule has 1 saturated heterocycles. The molecule has 5 nitrogen and oxygen atoms in total. The molecule has 1 N–H and O–H groups in total. The van der Waals surface area contributed by atoms with Gasteiger partial charge in [-0.15, -0.1) is 0 Å². The molecule has 3 rings (SSSR count). The van der Waals surface area contributed by atoms with E-state index in [4.69, 9.17) is 23.2 Å². The number of amides is 3. The average Bonchev–Trinajstić information content (AvgIpc) is 2.66. The number of carbonyl (C=O) groups excluding carboxylic acids is 2. The highest BCUT2D eigenvalue weighted by Crippen LogP contribution is 2.30. The molecule has 1 aliphatic heterocycles. The molecule has 27 heavy (non-hydrogen) atoms. The molecule has 3 amide bonds. The predicted molar refractivity (Wildman–Crippen MR) is 109 cm³/mol. The van der Waals surface area contributed by atoms with Crippen molar-refractivity contribution in [1.82, 2.24) is 9.80 Å². The molecule has 1 saturated carbocycles. The van der Waals surface area contributed by atoms with Crippen molar-refractivity contribution in [3.8, 4) is 0 Å². The predicted octanol–water partition coefficient (Wildman–Crippen LogP) is 5.17. The third-order valence-corrected chi connectivity index (χ3v) is 6.42. The van der Waals surface area contributed by atoms with Crippen LogP contribution in [0.5, 0.6) is 0 Å². The molecular weight excluding hydrogens is 385 g/mol. The van der Waals surface area contributed by atoms with Gasteiger partial charge in [-0.2, -0.15) is 0 Å². The number of piperidine rings is 1. The first kappa shape index (κ1) is 20.3. The number of benzene rings is 1. The molecule has 1 aliphatic carbocycles. The van der Waals surface area contributed by atoms with Gasteiger partial charge in [0.05, 0.1) is 10.0 Å². The monoisotopic (exact) mass is 411 g/mol. The summed E-state index contributed by atoms with van der Waals surface area (Å²) in [6.07, 6.45) is 7.29. The quantitative estimate of drug-likeness (QED) is 0.745. The second kappa shape index (κ2) is 9.16. The smallest absolute Gasteiger partial charge is 0.322 e. The minimum atomic E-state index is -0.0819. The third kappa shape index (κ3) is 5.08. The molecule has 0 radical (unpaired) electrons. The van der Waals surface area contributed by atoms with Gasteiger partial charge in [0.15, 0.2) is 0 Å². The normalized spacial score (nSPS) is 19.0. The molecule has 0 atom stereocenters. The Morgan fingerprint density at radius 2 is 1.63 bits per heavy atom. The van der Waals surface area contributed by atoms with E-state index >= 15 is 0 Å². The van der Waals surface area contributed by atoms with Gasteiger partial charge >= 0.3 is 6.03 Å². The van der Waals surface area contributed by atoms with Gasteiger partial charge in [-0.25, -0.2) is 4.79 Å². The van der Waals surface area contributed by atoms with E-state index in [1.165, 1.54) is 6.42 Å². The van der Waals surface area contributed by atoms with Crippen LogP contribution >= 0.6 is 23.2 Å². The van der Waals surface area contributed by atoms with Crippen molar-refractivity contribution in [2.45, 2.75) is 64.0 Å². The maximum Gasteiger partial charge on any atom is 0.322 e. The minimum Gasteiger partial charge on any atom is -0.343 e. The van der Waals surface area contributed by atoms with Gasteiger partial charge < -0.3 is 15.1 Å². The number of hydrogen-bond acceptors (Lipinski definition) is 2. The van der Waals surface area contributed by atoms with Crippen LogP contribution in [0.25, 0.3) is 0 Å². The average molecular weight is 412 g/mol. The number of hydrogen-bond donors (Lipinski definition) is 1. The summed E-state index contributed by atoms with van der Waals surface area (Å²) < 4.78 is 0. The Morgan fingerprint density at radius 3 is 2.22 bits per heavy atom. The first-order valence-corrected chi connectivity index (χ1v) is 10.5. The second-order valence-corrected chi connectivity index (χ2v) is 8.31. The summed E-state index contributed by atoms with van der Waals surface area (Å²) in [4.78, 5) is 28.7. The number of nitrogens with one attached hydrogen (secondary N) is 1. The molecular formula is C20H27Cl2N3O2. The molecule has 7 heteroatoms. The van der Waals surface area contributed by atoms with Crippen LogP contribution in [0.3, 0.4) is 0 Å². The van der Waals surface area contributed by atoms with Gasteiger partial charge in [0.25, 0.3) is 0 Å². The Bertz CT molecular complexity index is 684. The fourth-order valence-corrected chi connectivity index (χ4v) is 4.51. The van der Waals surface area contributed by atoms with Gasteiger partial charge in [0.1, 0.15) is 0 Å². The van der Waals surface area contributed by atoms with E-state index in [0.717, 1.165) is 38.5 Å². The molecule has 1 aromatic rings. The van der Waals surface area contributed by atoms with Gasteiger partial charge in [-0.05, 0) is 43.9 Å². The summed E-state index contributed by atoms with van der Waals surface area (Å²) in [7, 11) is 0. The van der Waals surface area contributed by atoms with Crippen molar-refractivity contribution in [1.29, 1.82) is 0 Å². The van der Waals surface area contributed by atoms with Gasteiger partial charge in [-0.1, -0.05) is 42.5 Å². The lowest BCUT2D eigenvalue weighted by Gasteiger charge is -2.43. The number of likely N-dealkylation sites (tertiary alicyclic amines) is 1. The largest absolute Gasteiger partial charge is 0.343 e. The maximum atomic E-state index is 13.2. The molecule has 2 aliphatic rings. The van der Waals surface area contributed by atoms with Crippen LogP contribution < -0.4 is 5.32 Å². The van der Waals surface area contributed by atoms with E-state index < -0.39 is 0 Å². The molecule has 0 unspecified atom stereocenters. The van der Waals surface area contributed by atoms with E-state index in [-0.39, 0.29) is 24.0 Å². The standard InChI is InChI=1S/C20H27Cl2N3O2/c1-14(26)24-11-9-17(10-12-24)25(16-5-3-2-4-6-16)20(27)23-15-7-8-18(21)19(22)13-15/h7-8,13,16-17H,2-6,9-12H2,1H3,(H,23,27). The number of urea groups is 1. The van der Waals surface area contributed by atoms with Crippen LogP contribution in [-0.4, -0.2) is 46.9 Å². The number of anilines is 1. The van der Waals surface area contributed by atoms with Crippen LogP contribution in [0.1, 0.15) is 51.9 Å². The Labute approximate surface area is 171 Å². The lowest BCUT2D eigenvalue weighted by Crippen LogP contribution is -2.54. The summed E-state index contributed by atoms with van der Waals surface area (Å²) in [5, 5.41) is 3.89. The van der Waals surface area contributed by atoms with Crippen LogP contribution in [0.2, 0.25) is 10.0 Å². The van der Waals surface area contributed by atoms with E-state index in [0.29, 0.717) is 28.8 Å². The Balaban J connectivity index is 1.73. The van der Waals surface area contributed by atoms with Crippen LogP contribution in [0.4, 0.5) is 10.5 Å². The van der Waals surface area contributed by atoms with Crippen LogP contribution in [0, 0.1) is 0 Å². The lowest BCUT2D eigenvalue weighted by atomic mass is 9.91. The van der Waals surface area contributed by atoms with Crippen molar-refractivity contribution >= 4 is 40.8 Å². The number of nitrogens with zero attached hydrogens (tertiary/aromatic N) is 2. The van der Waals surface area contributed by atoms with Crippen molar-refractivity contribution in [3.63, 3.8) is 0 Å². The summed E-state index contributed by atoms with van der Waals surface area (Å²) in [6.45, 7) is 3.03. The SMILES string of the molecule is CC(=O)N1CCC(N(C(=O)Nc2ccc(Cl)c(Cl)c2)C2CCCCC2)CC1. The van der Waals surface area contributed by atoms with Crippen LogP contribution in [-0.2, 0) is 4.79 Å². The van der Waals surface area contributed by atoms with Crippen molar-refractivity contribution in [2.24, 2.45) is 0 Å². The lowest BCUT2D eigenvalue weighted by molar-refractivity contribution is -0.130. The van der Waals surface area contributed by atoms with Gasteiger partial charge in [0, 0.05) is 37.8 Å². The van der Waals surface area contributed by atoms with Crippen molar-refractivity contribution in [2.75, 3.05) is 18.4 Å². The summed E-state index contributed by atoms with van der Waals surface area (Å²) in [5.41, 5.74) is 0.649. The Morgan fingerprint density at radius 1 is 1.00 bits per heavy atom. The minimum absolute atomic E-state index is 0.0819. The fourth-order valence-electron chi connectivity index (χ4n) is 4.21. The summed E-state index contributed by atoms with van der Waals surface area (Å²) >= 11 is 12.1. The molecule has 0 bridgehead atoms. The first-order chi connectivity index (χ1) is 13.0. The zero-order chi connectivity index (χ0) is 19.4. The third-order valence-electron chi connectivity index (χ3n) is 5.68. The zero-order valence-corrected chi connectivity index (χ0v) is 17.2. The summed E-state index contributed by atoms with van der Waals surface area (Å²) in [5.74, 6) is 0.109. The second-order valence-electron chi connectivity index (χ2n) is 7.50. The topological polar surface area (TPSA) is 52.7 Å². The number of rotatable bonds is 3. The Kier molecular flexibility index (Phi) is 6.88. The fraction of sp³-hybridized carbons (Fsp3) is 0.600. The van der Waals surface area contributed by atoms with E-state index in [1.54, 1.807) is 25.1 Å². The highest BCUT2D eigenvalue weighted by molar-refractivity contribution is 6.42. The van der Waals surface area contributed by atoms with E-state index in [2.05, 4.69) is 5.32 Å². The number of halogens is 2. The number of carbonyl (C=O) groups is 2. The van der Waals surface area contributed by atoms with E-state index in [9.17, 15) is 9.59 Å². The van der Waals surface area contributed by atoms with Gasteiger partial charge in [-0.3, -0.25) is 4.79 Å². The summed E-state index contributed by atoms with van der Waals surface area (Å²) in [6, 6.07) is 5.47. The molecule has 0 spiro atoms. The molecule has 1 heterocycles. The zero-order valence-electron chi connectivity index (χ0n) is 15.7. The van der Waals surface area contributed by atoms with Crippen molar-refractivity contribution < 1.29 is 9.59 Å². The van der Waals surface area contributed by atoms with E-state index in [1.807, 2.05) is 9.80 Å². The van der Waals surface area contributed by atoms with Gasteiger partial charge in [0.2, 0.25) is 5.91 Å². The Hall–Kier alpha value is -1.46. The highest BCUT2D eigenvalue weighted by Gasteiger charge is 2.34. The van der Waals surface area contributed by atoms with Crippen LogP contribution in [0.15, 0.2) is 18.2 Å². The van der Waals surface area contributed by atoms with Crippen molar-refractivity contribution in [3.05, 3.63) is 28.2 Å². The molecule has 148 valence electrons. The molecule has 2 fully saturated rings.